The molecule has 1 N–H and O–H groups in total. The predicted octanol–water partition coefficient (Wildman–Crippen LogP) is 1.67. The molecule has 3 saturated heterocycles. The highest BCUT2D eigenvalue weighted by atomic mass is 16.5. The Balaban J connectivity index is 1.28. The molecule has 1 unspecified atom stereocenters. The van der Waals surface area contributed by atoms with Gasteiger partial charge in [0.05, 0.1) is 25.2 Å². The molecule has 4 atom stereocenters. The molecule has 1 spiro atoms. The Bertz CT molecular complexity index is 983. The summed E-state index contributed by atoms with van der Waals surface area (Å²) in [6, 6.07) is -0.817. The number of nitrogens with one attached hydrogen (secondary N) is 1. The van der Waals surface area contributed by atoms with Gasteiger partial charge in [0, 0.05) is 64.1 Å². The molecule has 5 rings (SSSR count). The van der Waals surface area contributed by atoms with Crippen molar-refractivity contribution >= 4 is 23.6 Å². The third-order valence-electron chi connectivity index (χ3n) is 10.2. The van der Waals surface area contributed by atoms with E-state index in [0.717, 1.165) is 19.3 Å². The van der Waals surface area contributed by atoms with Gasteiger partial charge in [-0.2, -0.15) is 0 Å². The highest BCUT2D eigenvalue weighted by Crippen LogP contribution is 2.54. The molecule has 224 valence electrons. The fraction of sp³-hybridized carbons (Fsp3) is 0.867. The molecule has 4 amide bonds. The van der Waals surface area contributed by atoms with Gasteiger partial charge in [-0.1, -0.05) is 33.1 Å². The van der Waals surface area contributed by atoms with Crippen LogP contribution in [0.15, 0.2) is 0 Å². The molecule has 0 aromatic heterocycles. The van der Waals surface area contributed by atoms with E-state index in [4.69, 9.17) is 9.47 Å². The zero-order chi connectivity index (χ0) is 28.7. The lowest BCUT2D eigenvalue weighted by Gasteiger charge is -2.50. The Hall–Kier alpha value is -2.20. The maximum absolute atomic E-state index is 14.0. The van der Waals surface area contributed by atoms with E-state index in [9.17, 15) is 19.2 Å². The first kappa shape index (κ1) is 29.3. The molecule has 0 aromatic rings. The molecular weight excluding hydrogens is 512 g/mol. The van der Waals surface area contributed by atoms with E-state index in [-0.39, 0.29) is 35.0 Å². The smallest absolute Gasteiger partial charge is 0.248 e. The van der Waals surface area contributed by atoms with Gasteiger partial charge in [0.2, 0.25) is 23.6 Å². The van der Waals surface area contributed by atoms with Gasteiger partial charge >= 0.3 is 0 Å². The van der Waals surface area contributed by atoms with Crippen molar-refractivity contribution in [2.45, 2.75) is 78.4 Å². The Morgan fingerprint density at radius 1 is 0.950 bits per heavy atom. The van der Waals surface area contributed by atoms with Crippen LogP contribution >= 0.6 is 0 Å². The van der Waals surface area contributed by atoms with Crippen molar-refractivity contribution in [2.75, 3.05) is 59.1 Å². The van der Waals surface area contributed by atoms with E-state index in [0.29, 0.717) is 65.0 Å². The van der Waals surface area contributed by atoms with Crippen molar-refractivity contribution < 1.29 is 28.7 Å². The quantitative estimate of drug-likeness (QED) is 0.484. The Morgan fingerprint density at radius 2 is 1.57 bits per heavy atom. The normalized spacial score (nSPS) is 29.1. The third-order valence-corrected chi connectivity index (χ3v) is 10.2. The summed E-state index contributed by atoms with van der Waals surface area (Å²) in [5.41, 5.74) is -0.443. The summed E-state index contributed by atoms with van der Waals surface area (Å²) in [4.78, 5) is 58.4. The molecule has 5 aliphatic rings. The van der Waals surface area contributed by atoms with Crippen LogP contribution in [0.25, 0.3) is 0 Å². The number of likely N-dealkylation sites (tertiary alicyclic amines) is 2. The fourth-order valence-electron chi connectivity index (χ4n) is 7.22. The van der Waals surface area contributed by atoms with Crippen molar-refractivity contribution in [3.63, 3.8) is 0 Å². The summed E-state index contributed by atoms with van der Waals surface area (Å²) in [6.45, 7) is 11.8. The molecule has 3 heterocycles. The second-order valence-corrected chi connectivity index (χ2v) is 13.7. The van der Waals surface area contributed by atoms with E-state index in [1.807, 2.05) is 11.8 Å². The van der Waals surface area contributed by atoms with E-state index in [1.165, 1.54) is 26.2 Å². The molecule has 10 nitrogen and oxygen atoms in total. The maximum Gasteiger partial charge on any atom is 0.248 e. The summed E-state index contributed by atoms with van der Waals surface area (Å²) in [6.07, 6.45) is 6.37. The van der Waals surface area contributed by atoms with Crippen LogP contribution in [0.3, 0.4) is 0 Å². The highest BCUT2D eigenvalue weighted by molar-refractivity contribution is 5.91. The molecule has 10 heteroatoms. The van der Waals surface area contributed by atoms with Gasteiger partial charge in [0.15, 0.2) is 0 Å². The van der Waals surface area contributed by atoms with Crippen molar-refractivity contribution in [3.8, 4) is 0 Å². The first-order chi connectivity index (χ1) is 19.0. The van der Waals surface area contributed by atoms with Crippen LogP contribution in [0, 0.1) is 28.6 Å². The van der Waals surface area contributed by atoms with Crippen LogP contribution in [0.2, 0.25) is 0 Å². The molecule has 0 bridgehead atoms. The van der Waals surface area contributed by atoms with Gasteiger partial charge in [-0.05, 0) is 37.5 Å². The molecule has 5 fully saturated rings. The molecular formula is C30H48N4O6. The Morgan fingerprint density at radius 3 is 2.17 bits per heavy atom. The zero-order valence-electron chi connectivity index (χ0n) is 24.8. The molecule has 2 saturated carbocycles. The lowest BCUT2D eigenvalue weighted by molar-refractivity contribution is -0.153. The largest absolute Gasteiger partial charge is 0.378 e. The van der Waals surface area contributed by atoms with Gasteiger partial charge in [-0.25, -0.2) is 0 Å². The van der Waals surface area contributed by atoms with Gasteiger partial charge < -0.3 is 29.5 Å². The van der Waals surface area contributed by atoms with Crippen LogP contribution in [-0.4, -0.2) is 110 Å². The summed E-state index contributed by atoms with van der Waals surface area (Å²) >= 11 is 0. The summed E-state index contributed by atoms with van der Waals surface area (Å²) in [5, 5.41) is 3.08. The average Bonchev–Trinajstić information content (AvgIpc) is 3.37. The SMILES string of the molecule is CC(=O)N1C[C@@H](C(=O)N[C@H](C(=O)N2CCOCC2)[C@@H](C)OCC2CCCCC2)C2(C1)CN(C(=O)C1CC1(C)C)C2. The number of amides is 4. The predicted molar refractivity (Wildman–Crippen MR) is 148 cm³/mol. The van der Waals surface area contributed by atoms with E-state index >= 15 is 0 Å². The topological polar surface area (TPSA) is 108 Å². The number of hydrogen-bond donors (Lipinski definition) is 1. The first-order valence-corrected chi connectivity index (χ1v) is 15.3. The van der Waals surface area contributed by atoms with Crippen molar-refractivity contribution in [2.24, 2.45) is 28.6 Å². The third kappa shape index (κ3) is 6.03. The van der Waals surface area contributed by atoms with Crippen LogP contribution in [0.5, 0.6) is 0 Å². The lowest BCUT2D eigenvalue weighted by atomic mass is 9.70. The Labute approximate surface area is 238 Å². The van der Waals surface area contributed by atoms with Crippen molar-refractivity contribution in [1.29, 1.82) is 0 Å². The van der Waals surface area contributed by atoms with Gasteiger partial charge in [0.1, 0.15) is 6.04 Å². The Kier molecular flexibility index (Phi) is 8.49. The standard InChI is InChI=1S/C30H48N4O6/c1-20(40-16-22-8-6-5-7-9-22)25(28(38)32-10-12-39-13-11-32)31-26(36)24-15-33(21(2)35)17-30(24)18-34(19-30)27(37)23-14-29(23,3)4/h20,22-25H,5-19H2,1-4H3,(H,31,36)/t20-,23?,24+,25+/m1/s1. The van der Waals surface area contributed by atoms with Gasteiger partial charge in [-0.3, -0.25) is 19.2 Å². The molecule has 2 aliphatic carbocycles. The molecule has 0 aromatic carbocycles. The monoisotopic (exact) mass is 560 g/mol. The lowest BCUT2D eigenvalue weighted by Crippen LogP contribution is -2.65. The zero-order valence-corrected chi connectivity index (χ0v) is 24.8. The first-order valence-electron chi connectivity index (χ1n) is 15.3. The number of nitrogens with zero attached hydrogens (tertiary/aromatic N) is 3. The summed E-state index contributed by atoms with van der Waals surface area (Å²) in [7, 11) is 0. The highest BCUT2D eigenvalue weighted by Gasteiger charge is 2.61. The number of hydrogen-bond acceptors (Lipinski definition) is 6. The fourth-order valence-corrected chi connectivity index (χ4v) is 7.22. The maximum atomic E-state index is 14.0. The van der Waals surface area contributed by atoms with E-state index < -0.39 is 23.5 Å². The number of ether oxygens (including phenoxy) is 2. The minimum Gasteiger partial charge on any atom is -0.378 e. The second kappa shape index (κ2) is 11.6. The molecule has 40 heavy (non-hydrogen) atoms. The van der Waals surface area contributed by atoms with E-state index in [1.54, 1.807) is 9.80 Å². The van der Waals surface area contributed by atoms with Crippen molar-refractivity contribution in [3.05, 3.63) is 0 Å². The average molecular weight is 561 g/mol. The minimum absolute atomic E-state index is 0.0402. The molecule has 0 radical (unpaired) electrons. The van der Waals surface area contributed by atoms with Crippen molar-refractivity contribution in [1.82, 2.24) is 20.0 Å². The summed E-state index contributed by atoms with van der Waals surface area (Å²) < 4.78 is 11.7. The van der Waals surface area contributed by atoms with Crippen LogP contribution < -0.4 is 5.32 Å². The number of carbonyl (C=O) groups excluding carboxylic acids is 4. The molecule has 3 aliphatic heterocycles. The van der Waals surface area contributed by atoms with Crippen LogP contribution in [0.4, 0.5) is 0 Å². The number of carbonyl (C=O) groups is 4. The minimum atomic E-state index is -0.817. The second-order valence-electron chi connectivity index (χ2n) is 13.7. The van der Waals surface area contributed by atoms with E-state index in [2.05, 4.69) is 19.2 Å². The number of rotatable bonds is 8. The summed E-state index contributed by atoms with van der Waals surface area (Å²) in [5.74, 6) is -0.262. The van der Waals surface area contributed by atoms with Gasteiger partial charge in [-0.15, -0.1) is 0 Å². The van der Waals surface area contributed by atoms with Gasteiger partial charge in [0.25, 0.3) is 0 Å². The van der Waals surface area contributed by atoms with Crippen LogP contribution in [0.1, 0.15) is 66.2 Å². The van der Waals surface area contributed by atoms with Crippen LogP contribution in [-0.2, 0) is 28.7 Å². The number of morpholine rings is 1.